The van der Waals surface area contributed by atoms with Crippen LogP contribution in [0.1, 0.15) is 36.7 Å². The zero-order chi connectivity index (χ0) is 21.3. The molecule has 0 radical (unpaired) electrons. The predicted molar refractivity (Wildman–Crippen MR) is 111 cm³/mol. The number of hydrogen-bond acceptors (Lipinski definition) is 5. The number of carbonyl (C=O) groups excluding carboxylic acids is 1. The minimum absolute atomic E-state index is 0.0186. The van der Waals surface area contributed by atoms with Gasteiger partial charge in [0.2, 0.25) is 5.91 Å². The lowest BCUT2D eigenvalue weighted by Crippen LogP contribution is -2.50. The molecule has 4 heterocycles. The van der Waals surface area contributed by atoms with Crippen molar-refractivity contribution >= 4 is 16.9 Å². The summed E-state index contributed by atoms with van der Waals surface area (Å²) in [6.07, 6.45) is 3.61. The summed E-state index contributed by atoms with van der Waals surface area (Å²) in [5, 5.41) is 0. The van der Waals surface area contributed by atoms with Gasteiger partial charge in [0, 0.05) is 37.4 Å². The van der Waals surface area contributed by atoms with Gasteiger partial charge in [-0.2, -0.15) is 0 Å². The average molecular weight is 409 g/mol. The first-order valence-corrected chi connectivity index (χ1v) is 10.1. The number of H-pyrrole nitrogens is 1. The highest BCUT2D eigenvalue weighted by Gasteiger charge is 2.28. The summed E-state index contributed by atoms with van der Waals surface area (Å²) in [4.78, 5) is 40.1. The molecule has 3 aromatic rings. The molecule has 1 atom stereocenters. The second-order valence-electron chi connectivity index (χ2n) is 7.62. The second kappa shape index (κ2) is 8.31. The van der Waals surface area contributed by atoms with E-state index in [1.165, 1.54) is 12.3 Å². The molecular weight excluding hydrogens is 385 g/mol. The van der Waals surface area contributed by atoms with E-state index < -0.39 is 0 Å². The number of nitrogens with one attached hydrogen (secondary N) is 1. The van der Waals surface area contributed by atoms with Crippen LogP contribution in [0.15, 0.2) is 41.5 Å². The number of carbonyl (C=O) groups is 1. The first-order chi connectivity index (χ1) is 14.4. The van der Waals surface area contributed by atoms with Gasteiger partial charge in [-0.3, -0.25) is 24.5 Å². The summed E-state index contributed by atoms with van der Waals surface area (Å²) >= 11 is 0. The Balaban J connectivity index is 1.44. The Morgan fingerprint density at radius 3 is 2.70 bits per heavy atom. The van der Waals surface area contributed by atoms with E-state index in [-0.39, 0.29) is 29.9 Å². The lowest BCUT2D eigenvalue weighted by molar-refractivity contribution is -0.137. The van der Waals surface area contributed by atoms with Gasteiger partial charge in [0.15, 0.2) is 0 Å². The van der Waals surface area contributed by atoms with Gasteiger partial charge in [-0.25, -0.2) is 4.39 Å². The van der Waals surface area contributed by atoms with E-state index in [4.69, 9.17) is 0 Å². The fraction of sp³-hybridized carbons (Fsp3) is 0.364. The van der Waals surface area contributed by atoms with Gasteiger partial charge in [0.25, 0.3) is 5.56 Å². The number of aromatic amines is 1. The third-order valence-electron chi connectivity index (χ3n) is 5.65. The van der Waals surface area contributed by atoms with Crippen LogP contribution in [-0.2, 0) is 17.8 Å². The van der Waals surface area contributed by atoms with Crippen molar-refractivity contribution in [3.63, 3.8) is 0 Å². The van der Waals surface area contributed by atoms with Crippen molar-refractivity contribution in [2.75, 3.05) is 19.6 Å². The monoisotopic (exact) mass is 409 g/mol. The van der Waals surface area contributed by atoms with Crippen LogP contribution >= 0.6 is 0 Å². The number of hydrogen-bond donors (Lipinski definition) is 1. The molecule has 1 N–H and O–H groups in total. The molecular formula is C22H24FN5O2. The summed E-state index contributed by atoms with van der Waals surface area (Å²) in [5.74, 6) is -0.353. The summed E-state index contributed by atoms with van der Waals surface area (Å²) in [5.41, 5.74) is 3.64. The van der Waals surface area contributed by atoms with E-state index in [1.807, 2.05) is 30.9 Å². The van der Waals surface area contributed by atoms with Crippen LogP contribution in [0.3, 0.4) is 0 Å². The highest BCUT2D eigenvalue weighted by molar-refractivity contribution is 5.79. The topological polar surface area (TPSA) is 82.2 Å². The zero-order valence-electron chi connectivity index (χ0n) is 17.1. The Morgan fingerprint density at radius 1 is 1.17 bits per heavy atom. The third-order valence-corrected chi connectivity index (χ3v) is 5.65. The molecule has 0 aliphatic carbocycles. The number of pyridine rings is 3. The fourth-order valence-corrected chi connectivity index (χ4v) is 3.78. The van der Waals surface area contributed by atoms with Crippen molar-refractivity contribution < 1.29 is 9.18 Å². The SMILES string of the molecule is CCc1cc2ncc(CN3CCN(C(C)c4ccc(F)cn4)CC3=O)cc2[nH]c1=O. The van der Waals surface area contributed by atoms with E-state index in [0.29, 0.717) is 37.1 Å². The number of halogens is 1. The molecule has 30 heavy (non-hydrogen) atoms. The van der Waals surface area contributed by atoms with Gasteiger partial charge in [0.05, 0.1) is 29.5 Å². The first kappa shape index (κ1) is 20.2. The van der Waals surface area contributed by atoms with E-state index in [2.05, 4.69) is 15.0 Å². The molecule has 8 heteroatoms. The van der Waals surface area contributed by atoms with Crippen LogP contribution in [0.5, 0.6) is 0 Å². The van der Waals surface area contributed by atoms with Gasteiger partial charge in [0.1, 0.15) is 5.82 Å². The van der Waals surface area contributed by atoms with Gasteiger partial charge in [-0.15, -0.1) is 0 Å². The van der Waals surface area contributed by atoms with E-state index in [1.54, 1.807) is 17.2 Å². The maximum Gasteiger partial charge on any atom is 0.251 e. The maximum atomic E-state index is 13.1. The van der Waals surface area contributed by atoms with E-state index >= 15 is 0 Å². The van der Waals surface area contributed by atoms with Crippen molar-refractivity contribution in [3.05, 3.63) is 69.7 Å². The number of piperazine rings is 1. The number of amides is 1. The summed E-state index contributed by atoms with van der Waals surface area (Å²) in [6.45, 7) is 5.89. The van der Waals surface area contributed by atoms with Crippen LogP contribution in [0.4, 0.5) is 4.39 Å². The molecule has 1 amide bonds. The van der Waals surface area contributed by atoms with Crippen molar-refractivity contribution in [1.29, 1.82) is 0 Å². The quantitative estimate of drug-likeness (QED) is 0.700. The van der Waals surface area contributed by atoms with Crippen molar-refractivity contribution in [3.8, 4) is 0 Å². The molecule has 1 aliphatic heterocycles. The van der Waals surface area contributed by atoms with Crippen molar-refractivity contribution in [2.45, 2.75) is 32.9 Å². The Kier molecular flexibility index (Phi) is 5.59. The number of fused-ring (bicyclic) bond motifs is 1. The number of rotatable bonds is 5. The molecule has 4 rings (SSSR count). The highest BCUT2D eigenvalue weighted by atomic mass is 19.1. The van der Waals surface area contributed by atoms with E-state index in [0.717, 1.165) is 16.8 Å². The lowest BCUT2D eigenvalue weighted by atomic mass is 10.1. The summed E-state index contributed by atoms with van der Waals surface area (Å²) < 4.78 is 13.1. The van der Waals surface area contributed by atoms with Crippen molar-refractivity contribution in [2.24, 2.45) is 0 Å². The summed E-state index contributed by atoms with van der Waals surface area (Å²) in [6, 6.07) is 6.66. The number of nitrogens with zero attached hydrogens (tertiary/aromatic N) is 4. The van der Waals surface area contributed by atoms with Gasteiger partial charge in [-0.05, 0) is 43.2 Å². The zero-order valence-corrected chi connectivity index (χ0v) is 17.1. The number of aromatic nitrogens is 3. The normalized spacial score (nSPS) is 16.2. The average Bonchev–Trinajstić information content (AvgIpc) is 2.74. The molecule has 0 saturated carbocycles. The molecule has 156 valence electrons. The molecule has 0 aromatic carbocycles. The highest BCUT2D eigenvalue weighted by Crippen LogP contribution is 2.21. The minimum Gasteiger partial charge on any atom is -0.336 e. The van der Waals surface area contributed by atoms with Crippen LogP contribution in [0.25, 0.3) is 11.0 Å². The molecule has 1 fully saturated rings. The Bertz CT molecular complexity index is 1130. The Hall–Kier alpha value is -3.13. The molecule has 0 bridgehead atoms. The van der Waals surface area contributed by atoms with Crippen LogP contribution in [-0.4, -0.2) is 50.3 Å². The van der Waals surface area contributed by atoms with Gasteiger partial charge < -0.3 is 9.88 Å². The first-order valence-electron chi connectivity index (χ1n) is 10.1. The maximum absolute atomic E-state index is 13.1. The molecule has 3 aromatic heterocycles. The Morgan fingerprint density at radius 2 is 2.00 bits per heavy atom. The Labute approximate surface area is 173 Å². The molecule has 0 spiro atoms. The second-order valence-corrected chi connectivity index (χ2v) is 7.62. The molecule has 1 unspecified atom stereocenters. The number of aryl methyl sites for hydroxylation is 1. The molecule has 7 nitrogen and oxygen atoms in total. The van der Waals surface area contributed by atoms with Crippen LogP contribution in [0.2, 0.25) is 0 Å². The van der Waals surface area contributed by atoms with Crippen molar-refractivity contribution in [1.82, 2.24) is 24.8 Å². The van der Waals surface area contributed by atoms with Gasteiger partial charge in [-0.1, -0.05) is 6.92 Å². The third kappa shape index (κ3) is 4.09. The standard InChI is InChI=1S/C22H24FN5O2/c1-3-16-9-19-20(26-22(16)30)8-15(10-24-19)12-28-7-6-27(13-21(28)29)14(2)18-5-4-17(23)11-25-18/h4-5,8-11,14H,3,6-7,12-13H2,1-2H3,(H,26,30). The van der Waals surface area contributed by atoms with E-state index in [9.17, 15) is 14.0 Å². The summed E-state index contributed by atoms with van der Waals surface area (Å²) in [7, 11) is 0. The lowest BCUT2D eigenvalue weighted by Gasteiger charge is -2.37. The molecule has 1 saturated heterocycles. The molecule has 1 aliphatic rings. The smallest absolute Gasteiger partial charge is 0.251 e. The fourth-order valence-electron chi connectivity index (χ4n) is 3.78. The largest absolute Gasteiger partial charge is 0.336 e. The van der Waals surface area contributed by atoms with Crippen LogP contribution < -0.4 is 5.56 Å². The van der Waals surface area contributed by atoms with Crippen LogP contribution in [0, 0.1) is 5.82 Å². The van der Waals surface area contributed by atoms with Gasteiger partial charge >= 0.3 is 0 Å². The minimum atomic E-state index is -0.372. The predicted octanol–water partition coefficient (Wildman–Crippen LogP) is 2.42.